The number of aromatic nitrogens is 5. The number of nitrogens with zero attached hydrogens (tertiary/aromatic N) is 4. The van der Waals surface area contributed by atoms with Gasteiger partial charge >= 0.3 is 0 Å². The predicted molar refractivity (Wildman–Crippen MR) is 108 cm³/mol. The van der Waals surface area contributed by atoms with Gasteiger partial charge in [0.25, 0.3) is 11.7 Å². The highest BCUT2D eigenvalue weighted by atomic mass is 127. The van der Waals surface area contributed by atoms with Crippen LogP contribution in [0.2, 0.25) is 10.0 Å². The van der Waals surface area contributed by atoms with Crippen LogP contribution in [-0.2, 0) is 20.1 Å². The molecule has 0 fully saturated rings. The first-order valence-corrected chi connectivity index (χ1v) is 9.41. The van der Waals surface area contributed by atoms with Gasteiger partial charge in [-0.05, 0) is 19.1 Å². The number of hydrogen-bond acceptors (Lipinski definition) is 4. The number of nitrogens with two attached hydrogens (primary N) is 1. The zero-order valence-corrected chi connectivity index (χ0v) is 19.3. The van der Waals surface area contributed by atoms with Crippen LogP contribution in [0.1, 0.15) is 23.2 Å². The van der Waals surface area contributed by atoms with Gasteiger partial charge in [-0.25, -0.2) is 19.1 Å². The molecule has 3 aromatic heterocycles. The van der Waals surface area contributed by atoms with E-state index in [1.807, 2.05) is 36.7 Å². The van der Waals surface area contributed by atoms with Crippen LogP contribution in [0.3, 0.4) is 0 Å². The Bertz CT molecular complexity index is 1230. The molecule has 4 aromatic rings. The highest BCUT2D eigenvalue weighted by Crippen LogP contribution is 2.22. The first kappa shape index (κ1) is 21.6. The summed E-state index contributed by atoms with van der Waals surface area (Å²) in [6.45, 7) is 3.06. The summed E-state index contributed by atoms with van der Waals surface area (Å²) >= 11 is 12.2. The fourth-order valence-electron chi connectivity index (χ4n) is 3.35. The lowest BCUT2D eigenvalue weighted by Gasteiger charge is -2.06. The van der Waals surface area contributed by atoms with E-state index < -0.39 is 5.91 Å². The van der Waals surface area contributed by atoms with Crippen molar-refractivity contribution in [2.75, 3.05) is 5.73 Å². The van der Waals surface area contributed by atoms with E-state index in [0.29, 0.717) is 21.2 Å². The molecule has 8 nitrogen and oxygen atoms in total. The normalized spacial score (nSPS) is 11.0. The molecule has 4 N–H and O–H groups in total. The van der Waals surface area contributed by atoms with Crippen molar-refractivity contribution in [3.8, 4) is 0 Å². The smallest absolute Gasteiger partial charge is 0.276 e. The number of amides is 1. The minimum absolute atomic E-state index is 0. The number of H-pyrrole nitrogens is 1. The Labute approximate surface area is 193 Å². The number of aryl methyl sites for hydroxylation is 2. The number of aromatic amines is 1. The molecule has 0 radical (unpaired) electrons. The van der Waals surface area contributed by atoms with Gasteiger partial charge in [-0.2, -0.15) is 0 Å². The Balaban J connectivity index is 0.00000240. The number of hydrogen-bond donors (Lipinski definition) is 3. The van der Waals surface area contributed by atoms with Crippen molar-refractivity contribution in [1.29, 1.82) is 0 Å². The van der Waals surface area contributed by atoms with E-state index in [2.05, 4.69) is 24.8 Å². The van der Waals surface area contributed by atoms with Crippen molar-refractivity contribution in [2.24, 2.45) is 7.05 Å². The second kappa shape index (κ2) is 8.33. The van der Waals surface area contributed by atoms with Crippen LogP contribution >= 0.6 is 23.2 Å². The molecule has 0 atom stereocenters. The van der Waals surface area contributed by atoms with Gasteiger partial charge < -0.3 is 40.0 Å². The van der Waals surface area contributed by atoms with Gasteiger partial charge in [0.1, 0.15) is 12.1 Å². The van der Waals surface area contributed by atoms with E-state index in [1.54, 1.807) is 6.20 Å². The lowest BCUT2D eigenvalue weighted by atomic mass is 10.3. The summed E-state index contributed by atoms with van der Waals surface area (Å²) in [5, 5.41) is 3.92. The number of nitrogen functional groups attached to an aromatic ring is 1. The molecule has 0 spiro atoms. The molecule has 0 bridgehead atoms. The highest BCUT2D eigenvalue weighted by Gasteiger charge is 2.24. The molecule has 0 aliphatic rings. The standard InChI is InChI=1S/C18H17Cl2N7O.HI/c1-3-27-12-6-9(19)4-5-11(12)26(2)13(27)8-23-18(28)15-16(21)25-17-14(24-15)10(20)7-22-17;/h4-7H,3,8H2,1-2H3,(H3-,21,22,23,24,25,28);1H. The fraction of sp³-hybridized carbons (Fsp3) is 0.222. The number of nitrogens with one attached hydrogen (secondary N) is 2. The van der Waals surface area contributed by atoms with Crippen LogP contribution in [0.4, 0.5) is 5.82 Å². The molecule has 29 heavy (non-hydrogen) atoms. The number of rotatable bonds is 4. The lowest BCUT2D eigenvalue weighted by molar-refractivity contribution is -0.654. The van der Waals surface area contributed by atoms with Gasteiger partial charge in [-0.1, -0.05) is 23.2 Å². The number of halogens is 3. The summed E-state index contributed by atoms with van der Waals surface area (Å²) < 4.78 is 4.12. The summed E-state index contributed by atoms with van der Waals surface area (Å²) in [6, 6.07) is 5.72. The van der Waals surface area contributed by atoms with Gasteiger partial charge in [0, 0.05) is 17.3 Å². The third kappa shape index (κ3) is 3.74. The number of fused-ring (bicyclic) bond motifs is 2. The Kier molecular flexibility index (Phi) is 6.20. The van der Waals surface area contributed by atoms with Crippen molar-refractivity contribution < 1.29 is 33.3 Å². The largest absolute Gasteiger partial charge is 1.00 e. The van der Waals surface area contributed by atoms with E-state index in [1.165, 1.54) is 0 Å². The number of benzene rings is 1. The molecule has 0 aliphatic heterocycles. The maximum atomic E-state index is 12.7. The Morgan fingerprint density at radius 2 is 2.10 bits per heavy atom. The van der Waals surface area contributed by atoms with E-state index in [0.717, 1.165) is 23.4 Å². The average molecular weight is 546 g/mol. The van der Waals surface area contributed by atoms with E-state index in [9.17, 15) is 4.79 Å². The van der Waals surface area contributed by atoms with Crippen molar-refractivity contribution in [3.63, 3.8) is 0 Å². The Morgan fingerprint density at radius 3 is 2.83 bits per heavy atom. The fourth-order valence-corrected chi connectivity index (χ4v) is 3.70. The third-order valence-electron chi connectivity index (χ3n) is 4.71. The Morgan fingerprint density at radius 1 is 1.34 bits per heavy atom. The van der Waals surface area contributed by atoms with Crippen molar-refractivity contribution >= 4 is 57.1 Å². The molecule has 4 rings (SSSR count). The molecular weight excluding hydrogens is 528 g/mol. The van der Waals surface area contributed by atoms with Crippen LogP contribution in [0.5, 0.6) is 0 Å². The first-order chi connectivity index (χ1) is 13.4. The molecule has 11 heteroatoms. The molecular formula is C18H18Cl2IN7O. The molecule has 0 saturated carbocycles. The van der Waals surface area contributed by atoms with Crippen LogP contribution in [-0.4, -0.2) is 25.4 Å². The Hall–Kier alpha value is -2.11. The van der Waals surface area contributed by atoms with Crippen molar-refractivity contribution in [3.05, 3.63) is 46.0 Å². The predicted octanol–water partition coefficient (Wildman–Crippen LogP) is -0.420. The molecule has 0 aliphatic carbocycles. The summed E-state index contributed by atoms with van der Waals surface area (Å²) in [7, 11) is 1.95. The topological polar surface area (TPSA) is 105 Å². The molecule has 1 aromatic carbocycles. The van der Waals surface area contributed by atoms with Crippen LogP contribution in [0, 0.1) is 0 Å². The van der Waals surface area contributed by atoms with Crippen molar-refractivity contribution in [1.82, 2.24) is 24.8 Å². The first-order valence-electron chi connectivity index (χ1n) is 8.65. The highest BCUT2D eigenvalue weighted by molar-refractivity contribution is 6.35. The monoisotopic (exact) mass is 545 g/mol. The molecule has 152 valence electrons. The van der Waals surface area contributed by atoms with Gasteiger partial charge in [-0.15, -0.1) is 0 Å². The third-order valence-corrected chi connectivity index (χ3v) is 5.23. The summed E-state index contributed by atoms with van der Waals surface area (Å²) in [6.07, 6.45) is 1.55. The van der Waals surface area contributed by atoms with Gasteiger partial charge in [0.2, 0.25) is 0 Å². The van der Waals surface area contributed by atoms with Crippen LogP contribution < -0.4 is 39.6 Å². The summed E-state index contributed by atoms with van der Waals surface area (Å²) in [5.74, 6) is 0.534. The molecule has 3 heterocycles. The second-order valence-corrected chi connectivity index (χ2v) is 7.17. The maximum Gasteiger partial charge on any atom is 0.276 e. The molecule has 0 saturated heterocycles. The number of carbonyl (C=O) groups excluding carboxylic acids is 1. The zero-order valence-electron chi connectivity index (χ0n) is 15.6. The number of carbonyl (C=O) groups is 1. The number of imidazole rings is 1. The van der Waals surface area contributed by atoms with Gasteiger partial charge in [0.05, 0.1) is 18.6 Å². The SMILES string of the molecule is CCn1c(CNC(=O)c2nc3c(Cl)c[nH]c3nc2N)[n+](C)c2ccc(Cl)cc21.[I-]. The van der Waals surface area contributed by atoms with E-state index in [-0.39, 0.29) is 42.0 Å². The van der Waals surface area contributed by atoms with Crippen LogP contribution in [0.25, 0.3) is 22.2 Å². The quantitative estimate of drug-likeness (QED) is 0.239. The zero-order chi connectivity index (χ0) is 20.0. The second-order valence-electron chi connectivity index (χ2n) is 6.33. The minimum Gasteiger partial charge on any atom is -1.00 e. The van der Waals surface area contributed by atoms with Gasteiger partial charge in [-0.3, -0.25) is 4.79 Å². The van der Waals surface area contributed by atoms with E-state index >= 15 is 0 Å². The van der Waals surface area contributed by atoms with E-state index in [4.69, 9.17) is 28.9 Å². The summed E-state index contributed by atoms with van der Waals surface area (Å²) in [5.41, 5.74) is 8.82. The van der Waals surface area contributed by atoms with Crippen LogP contribution in [0.15, 0.2) is 24.4 Å². The molecule has 0 unspecified atom stereocenters. The maximum absolute atomic E-state index is 12.7. The minimum atomic E-state index is -0.421. The summed E-state index contributed by atoms with van der Waals surface area (Å²) in [4.78, 5) is 24.0. The number of anilines is 1. The van der Waals surface area contributed by atoms with Crippen molar-refractivity contribution in [2.45, 2.75) is 20.0 Å². The lowest BCUT2D eigenvalue weighted by Crippen LogP contribution is -3.00. The average Bonchev–Trinajstić information content (AvgIpc) is 3.15. The van der Waals surface area contributed by atoms with Gasteiger partial charge in [0.15, 0.2) is 28.2 Å². The molecule has 1 amide bonds.